The Kier molecular flexibility index (Phi) is 3.58. The molecule has 1 aromatic rings. The number of benzene rings is 1. The number of hydrogen-bond donors (Lipinski definition) is 2. The number of hydrogen-bond acceptors (Lipinski definition) is 3. The highest BCUT2D eigenvalue weighted by molar-refractivity contribution is 7.89. The van der Waals surface area contributed by atoms with Gasteiger partial charge in [0, 0.05) is 5.69 Å². The van der Waals surface area contributed by atoms with Gasteiger partial charge in [-0.2, -0.15) is 4.72 Å². The van der Waals surface area contributed by atoms with Crippen molar-refractivity contribution >= 4 is 15.7 Å². The molecule has 0 fully saturated rings. The molecule has 0 aliphatic rings. The lowest BCUT2D eigenvalue weighted by Gasteiger charge is -2.12. The van der Waals surface area contributed by atoms with E-state index in [0.717, 1.165) is 0 Å². The molecule has 86 valence electrons. The number of rotatable bonds is 3. The molecule has 3 N–H and O–H groups in total. The molecule has 1 rings (SSSR count). The summed E-state index contributed by atoms with van der Waals surface area (Å²) >= 11 is 0. The van der Waals surface area contributed by atoms with E-state index in [1.54, 1.807) is 26.0 Å². The Morgan fingerprint density at radius 2 is 2.12 bits per heavy atom. The van der Waals surface area contributed by atoms with E-state index in [4.69, 9.17) is 12.2 Å². The van der Waals surface area contributed by atoms with Gasteiger partial charge in [-0.1, -0.05) is 12.0 Å². The molecule has 0 spiro atoms. The van der Waals surface area contributed by atoms with Crippen molar-refractivity contribution in [3.8, 4) is 12.3 Å². The van der Waals surface area contributed by atoms with Crippen molar-refractivity contribution in [1.82, 2.24) is 4.72 Å². The first kappa shape index (κ1) is 12.6. The zero-order chi connectivity index (χ0) is 12.3. The van der Waals surface area contributed by atoms with Gasteiger partial charge in [-0.15, -0.1) is 6.42 Å². The summed E-state index contributed by atoms with van der Waals surface area (Å²) in [4.78, 5) is 0.162. The molecule has 0 radical (unpaired) electrons. The topological polar surface area (TPSA) is 72.2 Å². The van der Waals surface area contributed by atoms with E-state index in [2.05, 4.69) is 10.6 Å². The van der Waals surface area contributed by atoms with Crippen LogP contribution < -0.4 is 10.5 Å². The van der Waals surface area contributed by atoms with E-state index in [9.17, 15) is 8.42 Å². The van der Waals surface area contributed by atoms with Gasteiger partial charge in [0.15, 0.2) is 0 Å². The van der Waals surface area contributed by atoms with Crippen molar-refractivity contribution < 1.29 is 8.42 Å². The third kappa shape index (κ3) is 2.54. The molecule has 0 heterocycles. The molecule has 16 heavy (non-hydrogen) atoms. The van der Waals surface area contributed by atoms with Gasteiger partial charge in [0.25, 0.3) is 0 Å². The normalized spacial score (nSPS) is 13.1. The molecule has 0 saturated carbocycles. The number of sulfonamides is 1. The van der Waals surface area contributed by atoms with Crippen LogP contribution in [0.4, 0.5) is 5.69 Å². The Bertz CT molecular complexity index is 529. The summed E-state index contributed by atoms with van der Waals surface area (Å²) in [5.74, 6) is 2.30. The van der Waals surface area contributed by atoms with Crippen LogP contribution in [0, 0.1) is 19.3 Å². The van der Waals surface area contributed by atoms with Crippen LogP contribution in [-0.4, -0.2) is 14.5 Å². The summed E-state index contributed by atoms with van der Waals surface area (Å²) in [7, 11) is -3.60. The molecule has 1 atom stereocenters. The van der Waals surface area contributed by atoms with Gasteiger partial charge < -0.3 is 5.73 Å². The lowest BCUT2D eigenvalue weighted by atomic mass is 10.2. The largest absolute Gasteiger partial charge is 0.398 e. The predicted octanol–water partition coefficient (Wildman–Crippen LogP) is 0.877. The predicted molar refractivity (Wildman–Crippen MR) is 64.2 cm³/mol. The molecule has 0 bridgehead atoms. The number of terminal acetylenes is 1. The van der Waals surface area contributed by atoms with Gasteiger partial charge in [-0.25, -0.2) is 8.42 Å². The average Bonchev–Trinajstić information content (AvgIpc) is 2.21. The third-order valence-corrected chi connectivity index (χ3v) is 3.88. The molecule has 0 aliphatic heterocycles. The van der Waals surface area contributed by atoms with Gasteiger partial charge in [-0.05, 0) is 31.5 Å². The van der Waals surface area contributed by atoms with Crippen LogP contribution >= 0.6 is 0 Å². The highest BCUT2D eigenvalue weighted by Crippen LogP contribution is 2.20. The molecular weight excluding hydrogens is 224 g/mol. The van der Waals surface area contributed by atoms with Crippen LogP contribution in [0.1, 0.15) is 12.5 Å². The quantitative estimate of drug-likeness (QED) is 0.606. The van der Waals surface area contributed by atoms with Crippen LogP contribution in [0.5, 0.6) is 0 Å². The Hall–Kier alpha value is -1.51. The highest BCUT2D eigenvalue weighted by Gasteiger charge is 2.19. The van der Waals surface area contributed by atoms with Crippen molar-refractivity contribution in [3.05, 3.63) is 23.8 Å². The zero-order valence-corrected chi connectivity index (χ0v) is 10.0. The summed E-state index contributed by atoms with van der Waals surface area (Å²) in [6.45, 7) is 3.25. The summed E-state index contributed by atoms with van der Waals surface area (Å²) in [6.07, 6.45) is 5.12. The number of nitrogens with two attached hydrogens (primary N) is 1. The molecule has 0 amide bonds. The third-order valence-electron chi connectivity index (χ3n) is 2.20. The minimum atomic E-state index is -3.60. The molecule has 0 aromatic heterocycles. The first-order chi connectivity index (χ1) is 7.38. The Balaban J connectivity index is 3.19. The Morgan fingerprint density at radius 3 is 2.69 bits per heavy atom. The van der Waals surface area contributed by atoms with Crippen LogP contribution in [0.3, 0.4) is 0 Å². The number of nitrogen functional groups attached to an aromatic ring is 1. The molecule has 5 heteroatoms. The van der Waals surface area contributed by atoms with Crippen molar-refractivity contribution in [2.75, 3.05) is 5.73 Å². The molecule has 0 aliphatic carbocycles. The number of nitrogens with one attached hydrogen (secondary N) is 1. The maximum Gasteiger partial charge on any atom is 0.241 e. The molecule has 4 nitrogen and oxygen atoms in total. The first-order valence-corrected chi connectivity index (χ1v) is 6.20. The fourth-order valence-corrected chi connectivity index (χ4v) is 2.69. The SMILES string of the molecule is C#CC(C)NS(=O)(=O)c1cccc(N)c1C. The van der Waals surface area contributed by atoms with Crippen LogP contribution in [0.25, 0.3) is 0 Å². The summed E-state index contributed by atoms with van der Waals surface area (Å²) < 4.78 is 26.2. The molecular formula is C11H14N2O2S. The Morgan fingerprint density at radius 1 is 1.50 bits per heavy atom. The van der Waals surface area contributed by atoms with Gasteiger partial charge >= 0.3 is 0 Å². The van der Waals surface area contributed by atoms with E-state index in [1.807, 2.05) is 0 Å². The molecule has 1 unspecified atom stereocenters. The smallest absolute Gasteiger partial charge is 0.241 e. The minimum Gasteiger partial charge on any atom is -0.398 e. The summed E-state index contributed by atoms with van der Waals surface area (Å²) in [6, 6.07) is 4.19. The lowest BCUT2D eigenvalue weighted by molar-refractivity contribution is 0.577. The zero-order valence-electron chi connectivity index (χ0n) is 9.19. The second-order valence-corrected chi connectivity index (χ2v) is 5.16. The van der Waals surface area contributed by atoms with Gasteiger partial charge in [0.05, 0.1) is 10.9 Å². The standard InChI is InChI=1S/C11H14N2O2S/c1-4-8(2)13-16(14,15)11-7-5-6-10(12)9(11)3/h1,5-8,13H,12H2,2-3H3. The van der Waals surface area contributed by atoms with E-state index >= 15 is 0 Å². The summed E-state index contributed by atoms with van der Waals surface area (Å²) in [5.41, 5.74) is 6.62. The van der Waals surface area contributed by atoms with Crippen LogP contribution in [0.2, 0.25) is 0 Å². The second kappa shape index (κ2) is 4.56. The van der Waals surface area contributed by atoms with E-state index < -0.39 is 16.1 Å². The second-order valence-electron chi connectivity index (χ2n) is 3.48. The maximum atomic E-state index is 11.9. The van der Waals surface area contributed by atoms with Crippen LogP contribution in [-0.2, 0) is 10.0 Å². The van der Waals surface area contributed by atoms with E-state index in [0.29, 0.717) is 11.3 Å². The fraction of sp³-hybridized carbons (Fsp3) is 0.273. The fourth-order valence-electron chi connectivity index (χ4n) is 1.25. The van der Waals surface area contributed by atoms with E-state index in [1.165, 1.54) is 6.07 Å². The highest BCUT2D eigenvalue weighted by atomic mass is 32.2. The van der Waals surface area contributed by atoms with Crippen molar-refractivity contribution in [1.29, 1.82) is 0 Å². The average molecular weight is 238 g/mol. The lowest BCUT2D eigenvalue weighted by Crippen LogP contribution is -2.31. The van der Waals surface area contributed by atoms with Crippen molar-refractivity contribution in [2.45, 2.75) is 24.8 Å². The maximum absolute atomic E-state index is 11.9. The van der Waals surface area contributed by atoms with Crippen molar-refractivity contribution in [2.24, 2.45) is 0 Å². The molecule has 0 saturated heterocycles. The minimum absolute atomic E-state index is 0.162. The first-order valence-electron chi connectivity index (χ1n) is 4.72. The molecule has 1 aromatic carbocycles. The Labute approximate surface area is 95.9 Å². The van der Waals surface area contributed by atoms with Gasteiger partial charge in [-0.3, -0.25) is 0 Å². The van der Waals surface area contributed by atoms with E-state index in [-0.39, 0.29) is 4.90 Å². The summed E-state index contributed by atoms with van der Waals surface area (Å²) in [5, 5.41) is 0. The van der Waals surface area contributed by atoms with Crippen LogP contribution in [0.15, 0.2) is 23.1 Å². The van der Waals surface area contributed by atoms with Gasteiger partial charge in [0.1, 0.15) is 0 Å². The van der Waals surface area contributed by atoms with Crippen molar-refractivity contribution in [3.63, 3.8) is 0 Å². The monoisotopic (exact) mass is 238 g/mol. The van der Waals surface area contributed by atoms with Gasteiger partial charge in [0.2, 0.25) is 10.0 Å². The number of anilines is 1.